The molecule has 112 valence electrons. The number of aliphatic imine (C=N–C) groups is 1. The number of hydrogen-bond donors (Lipinski definition) is 2. The Kier molecular flexibility index (Phi) is 5.68. The fraction of sp³-hybridized carbons (Fsp3) is 0.333. The standard InChI is InChI=1S/C15H19FN4S/c1-3-17-15(20-10-14-18-8-11(2)21-14)19-9-12-4-6-13(16)7-5-12/h4-8H,3,9-10H2,1-2H3,(H2,17,19,20). The zero-order chi connectivity index (χ0) is 15.1. The second-order valence-electron chi connectivity index (χ2n) is 4.54. The number of thiazole rings is 1. The van der Waals surface area contributed by atoms with Gasteiger partial charge in [-0.15, -0.1) is 11.3 Å². The number of aryl methyl sites for hydroxylation is 1. The van der Waals surface area contributed by atoms with Crippen LogP contribution in [-0.4, -0.2) is 17.5 Å². The van der Waals surface area contributed by atoms with E-state index in [2.05, 4.69) is 20.6 Å². The third-order valence-corrected chi connectivity index (χ3v) is 3.67. The summed E-state index contributed by atoms with van der Waals surface area (Å²) >= 11 is 1.67. The van der Waals surface area contributed by atoms with Crippen LogP contribution in [0.5, 0.6) is 0 Å². The van der Waals surface area contributed by atoms with Crippen molar-refractivity contribution in [2.24, 2.45) is 4.99 Å². The van der Waals surface area contributed by atoms with Gasteiger partial charge >= 0.3 is 0 Å². The molecule has 0 amide bonds. The third kappa shape index (κ3) is 5.15. The molecular weight excluding hydrogens is 287 g/mol. The summed E-state index contributed by atoms with van der Waals surface area (Å²) in [6.07, 6.45) is 1.87. The third-order valence-electron chi connectivity index (χ3n) is 2.75. The van der Waals surface area contributed by atoms with Gasteiger partial charge in [0, 0.05) is 17.6 Å². The van der Waals surface area contributed by atoms with Crippen molar-refractivity contribution in [2.75, 3.05) is 6.54 Å². The van der Waals surface area contributed by atoms with Gasteiger partial charge in [0.15, 0.2) is 5.96 Å². The highest BCUT2D eigenvalue weighted by atomic mass is 32.1. The van der Waals surface area contributed by atoms with E-state index in [1.807, 2.05) is 20.0 Å². The fourth-order valence-electron chi connectivity index (χ4n) is 1.74. The second kappa shape index (κ2) is 7.73. The Labute approximate surface area is 128 Å². The van der Waals surface area contributed by atoms with E-state index in [1.54, 1.807) is 23.5 Å². The summed E-state index contributed by atoms with van der Waals surface area (Å²) in [6, 6.07) is 6.38. The Morgan fingerprint density at radius 3 is 2.67 bits per heavy atom. The summed E-state index contributed by atoms with van der Waals surface area (Å²) in [5.41, 5.74) is 0.971. The predicted octanol–water partition coefficient (Wildman–Crippen LogP) is 2.85. The van der Waals surface area contributed by atoms with Gasteiger partial charge in [0.2, 0.25) is 0 Å². The lowest BCUT2D eigenvalue weighted by atomic mass is 10.2. The van der Waals surface area contributed by atoms with Crippen molar-refractivity contribution in [1.29, 1.82) is 0 Å². The molecule has 1 aromatic heterocycles. The molecule has 0 aliphatic heterocycles. The molecule has 4 nitrogen and oxygen atoms in total. The number of aromatic nitrogens is 1. The highest BCUT2D eigenvalue weighted by molar-refractivity contribution is 7.11. The highest BCUT2D eigenvalue weighted by Crippen LogP contribution is 2.10. The molecule has 0 saturated carbocycles. The van der Waals surface area contributed by atoms with Gasteiger partial charge in [-0.05, 0) is 31.5 Å². The summed E-state index contributed by atoms with van der Waals surface area (Å²) in [7, 11) is 0. The van der Waals surface area contributed by atoms with E-state index in [4.69, 9.17) is 0 Å². The first-order valence-corrected chi connectivity index (χ1v) is 7.67. The van der Waals surface area contributed by atoms with E-state index in [-0.39, 0.29) is 5.82 Å². The van der Waals surface area contributed by atoms with Crippen LogP contribution < -0.4 is 10.6 Å². The minimum Gasteiger partial charge on any atom is -0.357 e. The smallest absolute Gasteiger partial charge is 0.191 e. The Hall–Kier alpha value is -1.95. The van der Waals surface area contributed by atoms with Gasteiger partial charge in [0.05, 0.1) is 13.1 Å². The zero-order valence-electron chi connectivity index (χ0n) is 12.2. The fourth-order valence-corrected chi connectivity index (χ4v) is 2.47. The monoisotopic (exact) mass is 306 g/mol. The minimum absolute atomic E-state index is 0.230. The molecule has 21 heavy (non-hydrogen) atoms. The second-order valence-corrected chi connectivity index (χ2v) is 5.86. The maximum Gasteiger partial charge on any atom is 0.191 e. The van der Waals surface area contributed by atoms with Gasteiger partial charge in [-0.1, -0.05) is 12.1 Å². The van der Waals surface area contributed by atoms with Crippen molar-refractivity contribution >= 4 is 17.3 Å². The number of nitrogens with zero attached hydrogens (tertiary/aromatic N) is 2. The molecule has 0 radical (unpaired) electrons. The normalized spacial score (nSPS) is 11.5. The highest BCUT2D eigenvalue weighted by Gasteiger charge is 2.01. The van der Waals surface area contributed by atoms with Crippen molar-refractivity contribution in [2.45, 2.75) is 26.9 Å². The largest absolute Gasteiger partial charge is 0.357 e. The van der Waals surface area contributed by atoms with Crippen LogP contribution in [-0.2, 0) is 13.1 Å². The van der Waals surface area contributed by atoms with Crippen LogP contribution in [0.15, 0.2) is 35.5 Å². The molecule has 1 heterocycles. The van der Waals surface area contributed by atoms with Crippen LogP contribution in [0.3, 0.4) is 0 Å². The molecule has 0 atom stereocenters. The topological polar surface area (TPSA) is 49.3 Å². The lowest BCUT2D eigenvalue weighted by Crippen LogP contribution is -2.36. The Bertz CT molecular complexity index is 592. The maximum absolute atomic E-state index is 12.9. The SMILES string of the molecule is CCNC(=NCc1ccc(F)cc1)NCc1ncc(C)s1. The Morgan fingerprint density at radius 2 is 2.05 bits per heavy atom. The van der Waals surface area contributed by atoms with Crippen molar-refractivity contribution < 1.29 is 4.39 Å². The van der Waals surface area contributed by atoms with Gasteiger partial charge in [-0.3, -0.25) is 0 Å². The van der Waals surface area contributed by atoms with E-state index in [9.17, 15) is 4.39 Å². The molecule has 0 aliphatic rings. The van der Waals surface area contributed by atoms with Gasteiger partial charge in [-0.25, -0.2) is 14.4 Å². The summed E-state index contributed by atoms with van der Waals surface area (Å²) in [4.78, 5) is 9.99. The first-order chi connectivity index (χ1) is 10.2. The van der Waals surface area contributed by atoms with Crippen LogP contribution >= 0.6 is 11.3 Å². The van der Waals surface area contributed by atoms with E-state index in [1.165, 1.54) is 17.0 Å². The molecule has 2 rings (SSSR count). The lowest BCUT2D eigenvalue weighted by molar-refractivity contribution is 0.627. The molecule has 2 aromatic rings. The van der Waals surface area contributed by atoms with E-state index >= 15 is 0 Å². The zero-order valence-corrected chi connectivity index (χ0v) is 13.0. The van der Waals surface area contributed by atoms with Crippen molar-refractivity contribution in [3.05, 3.63) is 51.7 Å². The number of benzene rings is 1. The molecule has 0 saturated heterocycles. The molecule has 1 aromatic carbocycles. The first-order valence-electron chi connectivity index (χ1n) is 6.85. The Balaban J connectivity index is 1.93. The number of hydrogen-bond acceptors (Lipinski definition) is 3. The van der Waals surface area contributed by atoms with Gasteiger partial charge in [-0.2, -0.15) is 0 Å². The number of rotatable bonds is 5. The van der Waals surface area contributed by atoms with Crippen LogP contribution in [0.4, 0.5) is 4.39 Å². The maximum atomic E-state index is 12.9. The van der Waals surface area contributed by atoms with Crippen LogP contribution in [0.1, 0.15) is 22.4 Å². The minimum atomic E-state index is -0.230. The van der Waals surface area contributed by atoms with Gasteiger partial charge in [0.1, 0.15) is 10.8 Å². The number of guanidine groups is 1. The van der Waals surface area contributed by atoms with E-state index in [0.29, 0.717) is 13.1 Å². The molecule has 2 N–H and O–H groups in total. The van der Waals surface area contributed by atoms with Gasteiger partial charge in [0.25, 0.3) is 0 Å². The predicted molar refractivity (Wildman–Crippen MR) is 84.9 cm³/mol. The summed E-state index contributed by atoms with van der Waals surface area (Å²) in [6.45, 7) is 5.99. The van der Waals surface area contributed by atoms with E-state index in [0.717, 1.165) is 23.1 Å². The average Bonchev–Trinajstić information content (AvgIpc) is 2.89. The quantitative estimate of drug-likeness (QED) is 0.660. The molecule has 0 unspecified atom stereocenters. The van der Waals surface area contributed by atoms with Crippen molar-refractivity contribution in [1.82, 2.24) is 15.6 Å². The summed E-state index contributed by atoms with van der Waals surface area (Å²) < 4.78 is 12.9. The molecule has 0 fully saturated rings. The number of nitrogens with one attached hydrogen (secondary N) is 2. The van der Waals surface area contributed by atoms with Gasteiger partial charge < -0.3 is 10.6 Å². The molecule has 0 aliphatic carbocycles. The van der Waals surface area contributed by atoms with Crippen molar-refractivity contribution in [3.8, 4) is 0 Å². The van der Waals surface area contributed by atoms with Crippen LogP contribution in [0.2, 0.25) is 0 Å². The summed E-state index contributed by atoms with van der Waals surface area (Å²) in [5, 5.41) is 7.46. The molecule has 6 heteroatoms. The van der Waals surface area contributed by atoms with Crippen LogP contribution in [0.25, 0.3) is 0 Å². The summed E-state index contributed by atoms with van der Waals surface area (Å²) in [5.74, 6) is 0.501. The van der Waals surface area contributed by atoms with Crippen molar-refractivity contribution in [3.63, 3.8) is 0 Å². The first kappa shape index (κ1) is 15.4. The van der Waals surface area contributed by atoms with E-state index < -0.39 is 0 Å². The average molecular weight is 306 g/mol. The van der Waals surface area contributed by atoms with Crippen LogP contribution in [0, 0.1) is 12.7 Å². The Morgan fingerprint density at radius 1 is 1.29 bits per heavy atom. The molecule has 0 spiro atoms. The molecular formula is C15H19FN4S. The number of halogens is 1. The molecule has 0 bridgehead atoms. The lowest BCUT2D eigenvalue weighted by Gasteiger charge is -2.10.